The fraction of sp³-hybridized carbons (Fsp3) is 0.316. The lowest BCUT2D eigenvalue weighted by Gasteiger charge is -2.19. The maximum Gasteiger partial charge on any atom is 0.229 e. The van der Waals surface area contributed by atoms with Gasteiger partial charge in [-0.15, -0.1) is 24.0 Å². The summed E-state index contributed by atoms with van der Waals surface area (Å²) in [6.07, 6.45) is 5.73. The summed E-state index contributed by atoms with van der Waals surface area (Å²) in [5.41, 5.74) is 11.2. The van der Waals surface area contributed by atoms with E-state index in [9.17, 15) is 8.42 Å². The second-order valence-corrected chi connectivity index (χ2v) is 8.30. The molecule has 0 amide bonds. The van der Waals surface area contributed by atoms with Crippen LogP contribution in [0.2, 0.25) is 0 Å². The van der Waals surface area contributed by atoms with Gasteiger partial charge in [-0.25, -0.2) is 13.4 Å². The molecule has 6 nitrogen and oxygen atoms in total. The van der Waals surface area contributed by atoms with Gasteiger partial charge in [-0.2, -0.15) is 0 Å². The number of guanidine groups is 1. The number of rotatable bonds is 5. The highest BCUT2D eigenvalue weighted by Gasteiger charge is 2.13. The quantitative estimate of drug-likeness (QED) is 0.333. The monoisotopic (exact) mass is 500 g/mol. The SMILES string of the molecule is CS(=O)(=O)Nc1cccc(CN=C(N)Nc2cccc3c2CCCC3)c1.I. The van der Waals surface area contributed by atoms with Crippen LogP contribution in [0.15, 0.2) is 47.5 Å². The van der Waals surface area contributed by atoms with Crippen LogP contribution in [-0.4, -0.2) is 20.6 Å². The third kappa shape index (κ3) is 6.39. The number of nitrogens with two attached hydrogens (primary N) is 1. The maximum absolute atomic E-state index is 11.3. The van der Waals surface area contributed by atoms with Crippen LogP contribution in [0.5, 0.6) is 0 Å². The van der Waals surface area contributed by atoms with E-state index in [-0.39, 0.29) is 24.0 Å². The zero-order valence-electron chi connectivity index (χ0n) is 15.2. The third-order valence-electron chi connectivity index (χ3n) is 4.32. The largest absolute Gasteiger partial charge is 0.370 e. The average molecular weight is 500 g/mol. The predicted molar refractivity (Wildman–Crippen MR) is 122 cm³/mol. The number of hydrogen-bond acceptors (Lipinski definition) is 3. The van der Waals surface area contributed by atoms with Gasteiger partial charge in [0.1, 0.15) is 0 Å². The van der Waals surface area contributed by atoms with Gasteiger partial charge in [-0.3, -0.25) is 4.72 Å². The Kier molecular flexibility index (Phi) is 7.49. The van der Waals surface area contributed by atoms with Gasteiger partial charge >= 0.3 is 0 Å². The first-order chi connectivity index (χ1) is 12.4. The average Bonchev–Trinajstić information content (AvgIpc) is 2.59. The molecule has 0 bridgehead atoms. The zero-order valence-corrected chi connectivity index (χ0v) is 18.4. The van der Waals surface area contributed by atoms with Gasteiger partial charge < -0.3 is 11.1 Å². The Bertz CT molecular complexity index is 929. The topological polar surface area (TPSA) is 96.6 Å². The van der Waals surface area contributed by atoms with Gasteiger partial charge in [-0.05, 0) is 60.6 Å². The molecule has 4 N–H and O–H groups in total. The van der Waals surface area contributed by atoms with Gasteiger partial charge in [0, 0.05) is 11.4 Å². The smallest absolute Gasteiger partial charge is 0.229 e. The first-order valence-corrected chi connectivity index (χ1v) is 10.5. The fourth-order valence-corrected chi connectivity index (χ4v) is 3.75. The molecule has 2 aromatic carbocycles. The Morgan fingerprint density at radius 1 is 1.15 bits per heavy atom. The molecule has 146 valence electrons. The lowest BCUT2D eigenvalue weighted by molar-refractivity contribution is 0.607. The number of nitrogens with zero attached hydrogens (tertiary/aromatic N) is 1. The molecule has 3 rings (SSSR count). The van der Waals surface area contributed by atoms with E-state index in [2.05, 4.69) is 21.1 Å². The Hall–Kier alpha value is -1.81. The molecular formula is C19H25IN4O2S. The first-order valence-electron chi connectivity index (χ1n) is 8.65. The number of benzene rings is 2. The van der Waals surface area contributed by atoms with E-state index < -0.39 is 10.0 Å². The summed E-state index contributed by atoms with van der Waals surface area (Å²) >= 11 is 0. The zero-order chi connectivity index (χ0) is 18.6. The van der Waals surface area contributed by atoms with Crippen molar-refractivity contribution in [3.63, 3.8) is 0 Å². The number of hydrogen-bond donors (Lipinski definition) is 3. The van der Waals surface area contributed by atoms with Crippen LogP contribution < -0.4 is 15.8 Å². The summed E-state index contributed by atoms with van der Waals surface area (Å²) in [6, 6.07) is 13.4. The van der Waals surface area contributed by atoms with E-state index in [4.69, 9.17) is 5.73 Å². The molecule has 0 spiro atoms. The molecule has 0 fully saturated rings. The highest BCUT2D eigenvalue weighted by Crippen LogP contribution is 2.27. The summed E-state index contributed by atoms with van der Waals surface area (Å²) < 4.78 is 25.1. The van der Waals surface area contributed by atoms with E-state index >= 15 is 0 Å². The van der Waals surface area contributed by atoms with E-state index in [0.717, 1.165) is 30.3 Å². The molecule has 0 aromatic heterocycles. The molecule has 0 radical (unpaired) electrons. The van der Waals surface area contributed by atoms with Crippen LogP contribution >= 0.6 is 24.0 Å². The van der Waals surface area contributed by atoms with Crippen molar-refractivity contribution in [3.05, 3.63) is 59.2 Å². The molecule has 0 saturated heterocycles. The molecule has 0 unspecified atom stereocenters. The molecule has 0 aliphatic heterocycles. The van der Waals surface area contributed by atoms with Gasteiger partial charge in [0.15, 0.2) is 5.96 Å². The van der Waals surface area contributed by atoms with Crippen molar-refractivity contribution in [1.29, 1.82) is 0 Å². The number of aliphatic imine (C=N–C) groups is 1. The second kappa shape index (κ2) is 9.41. The van der Waals surface area contributed by atoms with E-state index in [0.29, 0.717) is 18.2 Å². The van der Waals surface area contributed by atoms with Gasteiger partial charge in [0.25, 0.3) is 0 Å². The van der Waals surface area contributed by atoms with E-state index in [1.165, 1.54) is 24.0 Å². The van der Waals surface area contributed by atoms with Gasteiger partial charge in [0.2, 0.25) is 10.0 Å². The maximum atomic E-state index is 11.3. The Balaban J connectivity index is 0.00000261. The number of anilines is 2. The van der Waals surface area contributed by atoms with Crippen LogP contribution in [0.4, 0.5) is 11.4 Å². The standard InChI is InChI=1S/C19H24N4O2S.HI/c1-26(24,25)23-16-9-4-6-14(12-16)13-21-19(20)22-18-11-5-8-15-7-2-3-10-17(15)18;/h4-6,8-9,11-12,23H,2-3,7,10,13H2,1H3,(H3,20,21,22);1H. The molecule has 2 aromatic rings. The molecule has 27 heavy (non-hydrogen) atoms. The highest BCUT2D eigenvalue weighted by atomic mass is 127. The minimum atomic E-state index is -3.30. The summed E-state index contributed by atoms with van der Waals surface area (Å²) in [5.74, 6) is 0.352. The Labute approximate surface area is 177 Å². The predicted octanol–water partition coefficient (Wildman–Crippen LogP) is 3.48. The molecule has 1 aliphatic carbocycles. The normalized spacial score (nSPS) is 14.0. The van der Waals surface area contributed by atoms with Crippen molar-refractivity contribution in [1.82, 2.24) is 0 Å². The number of nitrogens with one attached hydrogen (secondary N) is 2. The van der Waals surface area contributed by atoms with Crippen molar-refractivity contribution in [3.8, 4) is 0 Å². The summed E-state index contributed by atoms with van der Waals surface area (Å²) in [6.45, 7) is 0.368. The van der Waals surface area contributed by atoms with Crippen molar-refractivity contribution in [2.45, 2.75) is 32.2 Å². The molecule has 8 heteroatoms. The molecule has 0 saturated carbocycles. The number of aryl methyl sites for hydroxylation is 1. The number of halogens is 1. The lowest BCUT2D eigenvalue weighted by atomic mass is 9.90. The van der Waals surface area contributed by atoms with E-state index in [1.54, 1.807) is 18.2 Å². The van der Waals surface area contributed by atoms with Crippen molar-refractivity contribution in [2.75, 3.05) is 16.3 Å². The highest BCUT2D eigenvalue weighted by molar-refractivity contribution is 14.0. The molecule has 0 heterocycles. The van der Waals surface area contributed by atoms with Crippen LogP contribution in [0.1, 0.15) is 29.5 Å². The number of fused-ring (bicyclic) bond motifs is 1. The molecule has 0 atom stereocenters. The Morgan fingerprint density at radius 2 is 1.89 bits per heavy atom. The van der Waals surface area contributed by atoms with Crippen LogP contribution in [0, 0.1) is 0 Å². The summed E-state index contributed by atoms with van der Waals surface area (Å²) in [4.78, 5) is 4.38. The number of sulfonamides is 1. The van der Waals surface area contributed by atoms with Crippen molar-refractivity contribution >= 4 is 51.3 Å². The van der Waals surface area contributed by atoms with Crippen LogP contribution in [0.25, 0.3) is 0 Å². The van der Waals surface area contributed by atoms with Gasteiger partial charge in [-0.1, -0.05) is 24.3 Å². The minimum Gasteiger partial charge on any atom is -0.370 e. The third-order valence-corrected chi connectivity index (χ3v) is 4.93. The van der Waals surface area contributed by atoms with Crippen molar-refractivity contribution in [2.24, 2.45) is 10.7 Å². The Morgan fingerprint density at radius 3 is 2.67 bits per heavy atom. The fourth-order valence-electron chi connectivity index (χ4n) is 3.20. The lowest BCUT2D eigenvalue weighted by Crippen LogP contribution is -2.24. The summed E-state index contributed by atoms with van der Waals surface area (Å²) in [7, 11) is -3.30. The van der Waals surface area contributed by atoms with Crippen LogP contribution in [-0.2, 0) is 29.4 Å². The first kappa shape index (κ1) is 21.5. The minimum absolute atomic E-state index is 0. The molecule has 1 aliphatic rings. The van der Waals surface area contributed by atoms with Crippen molar-refractivity contribution < 1.29 is 8.42 Å². The van der Waals surface area contributed by atoms with Gasteiger partial charge in [0.05, 0.1) is 12.8 Å². The van der Waals surface area contributed by atoms with E-state index in [1.807, 2.05) is 18.2 Å². The molecular weight excluding hydrogens is 475 g/mol. The summed E-state index contributed by atoms with van der Waals surface area (Å²) in [5, 5.41) is 3.21. The second-order valence-electron chi connectivity index (χ2n) is 6.55. The van der Waals surface area contributed by atoms with Crippen LogP contribution in [0.3, 0.4) is 0 Å².